The van der Waals surface area contributed by atoms with Crippen LogP contribution in [0.3, 0.4) is 0 Å². The van der Waals surface area contributed by atoms with Crippen molar-refractivity contribution >= 4 is 12.4 Å². The molecule has 1 aromatic rings. The molecule has 1 atom stereocenters. The number of hydrogen-bond acceptors (Lipinski definition) is 4. The fourth-order valence-corrected chi connectivity index (χ4v) is 2.06. The van der Waals surface area contributed by atoms with Crippen LogP contribution >= 0.6 is 0 Å². The Labute approximate surface area is 119 Å². The van der Waals surface area contributed by atoms with E-state index in [4.69, 9.17) is 4.74 Å². The summed E-state index contributed by atoms with van der Waals surface area (Å²) in [7, 11) is 0. The van der Waals surface area contributed by atoms with Crippen molar-refractivity contribution in [1.82, 2.24) is 14.7 Å². The van der Waals surface area contributed by atoms with E-state index >= 15 is 0 Å². The van der Waals surface area contributed by atoms with Crippen LogP contribution in [0.1, 0.15) is 51.3 Å². The number of aromatic nitrogens is 2. The molecule has 0 bridgehead atoms. The highest BCUT2D eigenvalue weighted by atomic mass is 16.6. The molecule has 1 amide bonds. The lowest BCUT2D eigenvalue weighted by molar-refractivity contribution is 0.00905. The van der Waals surface area contributed by atoms with Crippen molar-refractivity contribution in [2.75, 3.05) is 0 Å². The highest BCUT2D eigenvalue weighted by Crippen LogP contribution is 2.20. The van der Waals surface area contributed by atoms with Gasteiger partial charge < -0.3 is 4.74 Å². The molecule has 0 aromatic carbocycles. The standard InChI is InChI=1S/C13H19N3O3.CH4/c1-9-6-16-11(5-10(8-17)14-16)7-15(9)12(18)19-13(2,3)4;/h5,8-9H,6-7H2,1-4H3;1H4. The van der Waals surface area contributed by atoms with E-state index < -0.39 is 5.60 Å². The van der Waals surface area contributed by atoms with Crippen LogP contribution in [0.25, 0.3) is 0 Å². The topological polar surface area (TPSA) is 64.4 Å². The molecule has 0 saturated heterocycles. The van der Waals surface area contributed by atoms with Crippen molar-refractivity contribution in [3.63, 3.8) is 0 Å². The summed E-state index contributed by atoms with van der Waals surface area (Å²) in [5.74, 6) is 0. The van der Waals surface area contributed by atoms with Crippen LogP contribution in [-0.2, 0) is 17.8 Å². The van der Waals surface area contributed by atoms with Gasteiger partial charge in [-0.3, -0.25) is 14.4 Å². The number of amides is 1. The lowest BCUT2D eigenvalue weighted by Gasteiger charge is -2.35. The molecular formula is C14H23N3O3. The molecule has 0 spiro atoms. The Balaban J connectivity index is 0.00000200. The maximum absolute atomic E-state index is 12.1. The van der Waals surface area contributed by atoms with Crippen LogP contribution < -0.4 is 0 Å². The van der Waals surface area contributed by atoms with Crippen molar-refractivity contribution in [2.45, 2.75) is 59.9 Å². The summed E-state index contributed by atoms with van der Waals surface area (Å²) < 4.78 is 7.16. The van der Waals surface area contributed by atoms with Gasteiger partial charge in [0, 0.05) is 0 Å². The predicted octanol–water partition coefficient (Wildman–Crippen LogP) is 2.47. The van der Waals surface area contributed by atoms with Crippen molar-refractivity contribution in [3.05, 3.63) is 17.5 Å². The van der Waals surface area contributed by atoms with E-state index in [1.54, 1.807) is 15.6 Å². The fraction of sp³-hybridized carbons (Fsp3) is 0.643. The second-order valence-corrected chi connectivity index (χ2v) is 5.82. The summed E-state index contributed by atoms with van der Waals surface area (Å²) in [5.41, 5.74) is 0.738. The quantitative estimate of drug-likeness (QED) is 0.742. The van der Waals surface area contributed by atoms with E-state index in [9.17, 15) is 9.59 Å². The molecule has 0 saturated carbocycles. The van der Waals surface area contributed by atoms with Gasteiger partial charge in [0.05, 0.1) is 24.8 Å². The van der Waals surface area contributed by atoms with Gasteiger partial charge >= 0.3 is 6.09 Å². The van der Waals surface area contributed by atoms with Crippen molar-refractivity contribution < 1.29 is 14.3 Å². The number of rotatable bonds is 1. The van der Waals surface area contributed by atoms with E-state index in [2.05, 4.69) is 5.10 Å². The van der Waals surface area contributed by atoms with E-state index in [0.29, 0.717) is 25.1 Å². The summed E-state index contributed by atoms with van der Waals surface area (Å²) in [4.78, 5) is 24.5. The highest BCUT2D eigenvalue weighted by Gasteiger charge is 2.31. The van der Waals surface area contributed by atoms with Gasteiger partial charge in [-0.15, -0.1) is 0 Å². The molecule has 0 fully saturated rings. The molecule has 1 aromatic heterocycles. The van der Waals surface area contributed by atoms with E-state index in [1.165, 1.54) is 0 Å². The molecule has 0 N–H and O–H groups in total. The SMILES string of the molecule is C.CC1Cn2nc(C=O)cc2CN1C(=O)OC(C)(C)C. The van der Waals surface area contributed by atoms with E-state index in [0.717, 1.165) is 5.69 Å². The molecule has 1 unspecified atom stereocenters. The van der Waals surface area contributed by atoms with Crippen LogP contribution in [0.4, 0.5) is 4.79 Å². The second-order valence-electron chi connectivity index (χ2n) is 5.82. The van der Waals surface area contributed by atoms with E-state index in [-0.39, 0.29) is 19.6 Å². The van der Waals surface area contributed by atoms with Gasteiger partial charge in [0.15, 0.2) is 6.29 Å². The first kappa shape index (κ1) is 16.2. The van der Waals surface area contributed by atoms with Gasteiger partial charge in [-0.1, -0.05) is 7.43 Å². The van der Waals surface area contributed by atoms with E-state index in [1.807, 2.05) is 27.7 Å². The first-order valence-electron chi connectivity index (χ1n) is 6.31. The first-order valence-corrected chi connectivity index (χ1v) is 6.31. The average Bonchev–Trinajstić information content (AvgIpc) is 2.67. The van der Waals surface area contributed by atoms with Crippen LogP contribution in [0.5, 0.6) is 0 Å². The average molecular weight is 281 g/mol. The third-order valence-electron chi connectivity index (χ3n) is 2.93. The molecule has 1 aliphatic rings. The van der Waals surface area contributed by atoms with Gasteiger partial charge in [0.25, 0.3) is 0 Å². The minimum Gasteiger partial charge on any atom is -0.444 e. The summed E-state index contributed by atoms with van der Waals surface area (Å²) in [6.45, 7) is 8.45. The van der Waals surface area contributed by atoms with Crippen molar-refractivity contribution in [1.29, 1.82) is 0 Å². The molecule has 1 aliphatic heterocycles. The van der Waals surface area contributed by atoms with Gasteiger partial charge in [0.1, 0.15) is 11.3 Å². The monoisotopic (exact) mass is 281 g/mol. The Morgan fingerprint density at radius 3 is 2.70 bits per heavy atom. The van der Waals surface area contributed by atoms with Crippen LogP contribution in [-0.4, -0.2) is 38.7 Å². The Kier molecular flexibility index (Phi) is 4.57. The summed E-state index contributed by atoms with van der Waals surface area (Å²) in [6.07, 6.45) is 0.383. The Morgan fingerprint density at radius 2 is 2.15 bits per heavy atom. The summed E-state index contributed by atoms with van der Waals surface area (Å²) in [6, 6.07) is 1.69. The number of ether oxygens (including phenoxy) is 1. The number of carbonyl (C=O) groups excluding carboxylic acids is 2. The van der Waals surface area contributed by atoms with Crippen molar-refractivity contribution in [3.8, 4) is 0 Å². The number of aldehydes is 1. The number of nitrogens with zero attached hydrogens (tertiary/aromatic N) is 3. The highest BCUT2D eigenvalue weighted by molar-refractivity contribution is 5.72. The summed E-state index contributed by atoms with van der Waals surface area (Å²) >= 11 is 0. The van der Waals surface area contributed by atoms with Gasteiger partial charge in [-0.2, -0.15) is 5.10 Å². The van der Waals surface area contributed by atoms with Crippen molar-refractivity contribution in [2.24, 2.45) is 0 Å². The molecule has 6 nitrogen and oxygen atoms in total. The largest absolute Gasteiger partial charge is 0.444 e. The Bertz CT molecular complexity index is 502. The smallest absolute Gasteiger partial charge is 0.410 e. The molecule has 6 heteroatoms. The normalized spacial score (nSPS) is 18.0. The molecule has 112 valence electrons. The predicted molar refractivity (Wildman–Crippen MR) is 75.6 cm³/mol. The molecule has 0 radical (unpaired) electrons. The third kappa shape index (κ3) is 3.37. The fourth-order valence-electron chi connectivity index (χ4n) is 2.06. The minimum absolute atomic E-state index is 0. The third-order valence-corrected chi connectivity index (χ3v) is 2.93. The zero-order valence-corrected chi connectivity index (χ0v) is 11.7. The zero-order chi connectivity index (χ0) is 14.2. The second kappa shape index (κ2) is 5.64. The Morgan fingerprint density at radius 1 is 1.50 bits per heavy atom. The van der Waals surface area contributed by atoms with Crippen LogP contribution in [0.2, 0.25) is 0 Å². The molecule has 2 rings (SSSR count). The first-order chi connectivity index (χ1) is 8.80. The number of carbonyl (C=O) groups is 2. The summed E-state index contributed by atoms with van der Waals surface area (Å²) in [5, 5.41) is 4.16. The van der Waals surface area contributed by atoms with Crippen LogP contribution in [0, 0.1) is 0 Å². The molecular weight excluding hydrogens is 258 g/mol. The lowest BCUT2D eigenvalue weighted by atomic mass is 10.2. The van der Waals surface area contributed by atoms with Gasteiger partial charge in [0.2, 0.25) is 0 Å². The zero-order valence-electron chi connectivity index (χ0n) is 11.7. The number of hydrogen-bond donors (Lipinski definition) is 0. The minimum atomic E-state index is -0.511. The molecule has 2 heterocycles. The number of fused-ring (bicyclic) bond motifs is 1. The molecule has 0 aliphatic carbocycles. The van der Waals surface area contributed by atoms with Gasteiger partial charge in [-0.25, -0.2) is 4.79 Å². The maximum Gasteiger partial charge on any atom is 0.410 e. The lowest BCUT2D eigenvalue weighted by Crippen LogP contribution is -2.46. The van der Waals surface area contributed by atoms with Crippen LogP contribution in [0.15, 0.2) is 6.07 Å². The Hall–Kier alpha value is -1.85. The molecule has 20 heavy (non-hydrogen) atoms. The van der Waals surface area contributed by atoms with Gasteiger partial charge in [-0.05, 0) is 33.8 Å². The maximum atomic E-state index is 12.1.